The topological polar surface area (TPSA) is 76.9 Å². The smallest absolute Gasteiger partial charge is 0.262 e. The first-order valence-corrected chi connectivity index (χ1v) is 10.2. The van der Waals surface area contributed by atoms with Crippen LogP contribution in [0.3, 0.4) is 0 Å². The van der Waals surface area contributed by atoms with Gasteiger partial charge < -0.3 is 5.32 Å². The van der Waals surface area contributed by atoms with E-state index >= 15 is 0 Å². The number of nitrogens with zero attached hydrogens (tertiary/aromatic N) is 3. The second-order valence-electron chi connectivity index (χ2n) is 6.41. The fraction of sp³-hybridized carbons (Fsp3) is 0.263. The van der Waals surface area contributed by atoms with E-state index in [-0.39, 0.29) is 28.3 Å². The van der Waals surface area contributed by atoms with Gasteiger partial charge >= 0.3 is 0 Å². The highest BCUT2D eigenvalue weighted by atomic mass is 35.5. The molecule has 3 rings (SSSR count). The predicted molar refractivity (Wildman–Crippen MR) is 115 cm³/mol. The molecule has 3 aromatic rings. The van der Waals surface area contributed by atoms with Gasteiger partial charge in [0.1, 0.15) is 0 Å². The molecule has 1 amide bonds. The molecule has 0 radical (unpaired) electrons. The van der Waals surface area contributed by atoms with Gasteiger partial charge in [-0.2, -0.15) is 0 Å². The summed E-state index contributed by atoms with van der Waals surface area (Å²) in [5.74, 6) is -0.0735. The second-order valence-corrected chi connectivity index (χ2v) is 8.57. The first-order valence-electron chi connectivity index (χ1n) is 8.57. The van der Waals surface area contributed by atoms with Crippen LogP contribution in [-0.4, -0.2) is 25.7 Å². The van der Waals surface area contributed by atoms with E-state index in [1.165, 1.54) is 24.0 Å². The second kappa shape index (κ2) is 8.51. The number of para-hydroxylation sites is 1. The van der Waals surface area contributed by atoms with Crippen LogP contribution in [0.2, 0.25) is 10.0 Å². The van der Waals surface area contributed by atoms with Crippen molar-refractivity contribution in [2.24, 2.45) is 0 Å². The Morgan fingerprint density at radius 3 is 2.61 bits per heavy atom. The van der Waals surface area contributed by atoms with Gasteiger partial charge in [-0.25, -0.2) is 9.97 Å². The Bertz CT molecular complexity index is 1100. The van der Waals surface area contributed by atoms with Crippen LogP contribution in [0.1, 0.15) is 26.8 Å². The Morgan fingerprint density at radius 2 is 1.93 bits per heavy atom. The van der Waals surface area contributed by atoms with Crippen molar-refractivity contribution in [3.8, 4) is 0 Å². The van der Waals surface area contributed by atoms with Gasteiger partial charge in [0.05, 0.1) is 26.2 Å². The molecular formula is C19H18Cl2N4O2S. The lowest BCUT2D eigenvalue weighted by Crippen LogP contribution is -2.28. The normalized spacial score (nSPS) is 12.4. The summed E-state index contributed by atoms with van der Waals surface area (Å²) in [6.07, 6.45) is 1.40. The zero-order valence-electron chi connectivity index (χ0n) is 15.4. The maximum atomic E-state index is 12.9. The molecule has 1 unspecified atom stereocenters. The third-order valence-electron chi connectivity index (χ3n) is 3.99. The zero-order chi connectivity index (χ0) is 20.4. The van der Waals surface area contributed by atoms with Crippen LogP contribution in [0.15, 0.2) is 46.5 Å². The molecule has 9 heteroatoms. The van der Waals surface area contributed by atoms with E-state index in [9.17, 15) is 9.59 Å². The van der Waals surface area contributed by atoms with Gasteiger partial charge in [-0.15, -0.1) is 0 Å². The fourth-order valence-corrected chi connectivity index (χ4v) is 4.07. The molecule has 0 bridgehead atoms. The number of fused-ring (bicyclic) bond motifs is 1. The van der Waals surface area contributed by atoms with E-state index in [1.54, 1.807) is 23.6 Å². The van der Waals surface area contributed by atoms with Crippen molar-refractivity contribution in [1.82, 2.24) is 14.5 Å². The Morgan fingerprint density at radius 1 is 1.21 bits per heavy atom. The van der Waals surface area contributed by atoms with Gasteiger partial charge in [0, 0.05) is 12.2 Å². The maximum absolute atomic E-state index is 12.9. The summed E-state index contributed by atoms with van der Waals surface area (Å²) in [6.45, 7) is 5.55. The van der Waals surface area contributed by atoms with Crippen molar-refractivity contribution >= 4 is 57.6 Å². The highest BCUT2D eigenvalue weighted by Gasteiger charge is 2.21. The van der Waals surface area contributed by atoms with Crippen molar-refractivity contribution < 1.29 is 4.79 Å². The number of hydrogen-bond acceptors (Lipinski definition) is 5. The van der Waals surface area contributed by atoms with Crippen LogP contribution in [0.5, 0.6) is 0 Å². The third-order valence-corrected chi connectivity index (χ3v) is 5.55. The van der Waals surface area contributed by atoms with Gasteiger partial charge in [-0.3, -0.25) is 14.2 Å². The highest BCUT2D eigenvalue weighted by Crippen LogP contribution is 2.27. The largest absolute Gasteiger partial charge is 0.308 e. The first kappa shape index (κ1) is 20.6. The molecule has 146 valence electrons. The number of pyridine rings is 1. The Balaban J connectivity index is 1.89. The fourth-order valence-electron chi connectivity index (χ4n) is 2.60. The van der Waals surface area contributed by atoms with Crippen LogP contribution in [-0.2, 0) is 4.79 Å². The van der Waals surface area contributed by atoms with Crippen molar-refractivity contribution in [2.45, 2.75) is 37.2 Å². The minimum atomic E-state index is -0.536. The minimum Gasteiger partial charge on any atom is -0.308 e. The molecule has 2 heterocycles. The molecule has 0 saturated carbocycles. The van der Waals surface area contributed by atoms with E-state index in [2.05, 4.69) is 15.3 Å². The van der Waals surface area contributed by atoms with Crippen LogP contribution >= 0.6 is 35.0 Å². The lowest BCUT2D eigenvalue weighted by Gasteiger charge is -2.18. The molecule has 0 saturated heterocycles. The Hall–Kier alpha value is -2.09. The number of carbonyl (C=O) groups is 1. The zero-order valence-corrected chi connectivity index (χ0v) is 17.8. The number of benzene rings is 1. The van der Waals surface area contributed by atoms with E-state index in [4.69, 9.17) is 23.2 Å². The minimum absolute atomic E-state index is 0.102. The van der Waals surface area contributed by atoms with Gasteiger partial charge in [-0.1, -0.05) is 47.1 Å². The summed E-state index contributed by atoms with van der Waals surface area (Å²) in [5, 5.41) is 3.81. The average molecular weight is 437 g/mol. The molecule has 6 nitrogen and oxygen atoms in total. The monoisotopic (exact) mass is 436 g/mol. The van der Waals surface area contributed by atoms with Crippen molar-refractivity contribution in [3.05, 3.63) is 56.9 Å². The number of nitrogens with one attached hydrogen (secondary N) is 1. The number of hydrogen-bond donors (Lipinski definition) is 1. The van der Waals surface area contributed by atoms with Crippen LogP contribution in [0.25, 0.3) is 10.9 Å². The van der Waals surface area contributed by atoms with E-state index in [1.807, 2.05) is 26.0 Å². The summed E-state index contributed by atoms with van der Waals surface area (Å²) in [6, 6.07) is 8.57. The summed E-state index contributed by atoms with van der Waals surface area (Å²) in [7, 11) is 0. The standard InChI is InChI=1S/C19H18Cl2N4O2S/c1-10(2)25-18(27)13-6-4-5-7-15(13)23-19(25)28-11(3)17(26)24-16-14(21)8-12(20)9-22-16/h4-11H,1-3H3,(H,22,24,26). The highest BCUT2D eigenvalue weighted by molar-refractivity contribution is 8.00. The van der Waals surface area contributed by atoms with Crippen LogP contribution < -0.4 is 10.9 Å². The molecule has 0 aliphatic heterocycles. The van der Waals surface area contributed by atoms with Crippen LogP contribution in [0.4, 0.5) is 5.82 Å². The lowest BCUT2D eigenvalue weighted by molar-refractivity contribution is -0.115. The number of amides is 1. The Kier molecular flexibility index (Phi) is 6.27. The summed E-state index contributed by atoms with van der Waals surface area (Å²) in [4.78, 5) is 34.1. The molecule has 0 spiro atoms. The Labute approximate surface area is 176 Å². The third kappa shape index (κ3) is 4.32. The van der Waals surface area contributed by atoms with Crippen molar-refractivity contribution in [3.63, 3.8) is 0 Å². The molecule has 2 aromatic heterocycles. The average Bonchev–Trinajstić information content (AvgIpc) is 2.63. The quantitative estimate of drug-likeness (QED) is 0.459. The summed E-state index contributed by atoms with van der Waals surface area (Å²) < 4.78 is 1.60. The molecule has 0 fully saturated rings. The van der Waals surface area contributed by atoms with E-state index < -0.39 is 5.25 Å². The lowest BCUT2D eigenvalue weighted by atomic mass is 10.2. The number of aromatic nitrogens is 3. The molecule has 1 atom stereocenters. The van der Waals surface area contributed by atoms with Crippen LogP contribution in [0, 0.1) is 0 Å². The van der Waals surface area contributed by atoms with E-state index in [0.29, 0.717) is 21.1 Å². The molecule has 28 heavy (non-hydrogen) atoms. The van der Waals surface area contributed by atoms with Gasteiger partial charge in [0.15, 0.2) is 11.0 Å². The molecule has 0 aliphatic carbocycles. The van der Waals surface area contributed by atoms with Gasteiger partial charge in [-0.05, 0) is 39.0 Å². The molecular weight excluding hydrogens is 419 g/mol. The number of rotatable bonds is 5. The molecule has 1 aromatic carbocycles. The number of anilines is 1. The SMILES string of the molecule is CC(Sc1nc2ccccc2c(=O)n1C(C)C)C(=O)Nc1ncc(Cl)cc1Cl. The number of thioether (sulfide) groups is 1. The van der Waals surface area contributed by atoms with E-state index in [0.717, 1.165) is 0 Å². The van der Waals surface area contributed by atoms with Crippen molar-refractivity contribution in [2.75, 3.05) is 5.32 Å². The maximum Gasteiger partial charge on any atom is 0.262 e. The molecule has 0 aliphatic rings. The number of halogens is 2. The summed E-state index contributed by atoms with van der Waals surface area (Å²) >= 11 is 13.1. The predicted octanol–water partition coefficient (Wildman–Crippen LogP) is 4.80. The number of carbonyl (C=O) groups excluding carboxylic acids is 1. The summed E-state index contributed by atoms with van der Waals surface area (Å²) in [5.41, 5.74) is 0.472. The first-order chi connectivity index (χ1) is 13.3. The van der Waals surface area contributed by atoms with Gasteiger partial charge in [0.25, 0.3) is 5.56 Å². The molecule has 1 N–H and O–H groups in total. The van der Waals surface area contributed by atoms with Crippen molar-refractivity contribution in [1.29, 1.82) is 0 Å². The van der Waals surface area contributed by atoms with Gasteiger partial charge in [0.2, 0.25) is 5.91 Å².